The Bertz CT molecular complexity index is 650. The number of primary amides is 1. The summed E-state index contributed by atoms with van der Waals surface area (Å²) < 4.78 is 1.80. The van der Waals surface area contributed by atoms with E-state index < -0.39 is 0 Å². The maximum absolute atomic E-state index is 10.8. The Morgan fingerprint density at radius 1 is 1.35 bits per heavy atom. The Hall–Kier alpha value is -2.74. The van der Waals surface area contributed by atoms with Gasteiger partial charge in [-0.2, -0.15) is 5.26 Å². The molecule has 1 aromatic heterocycles. The highest BCUT2D eigenvalue weighted by molar-refractivity contribution is 5.76. The molecule has 0 saturated heterocycles. The Kier molecular flexibility index (Phi) is 4.06. The summed E-state index contributed by atoms with van der Waals surface area (Å²) >= 11 is 0. The van der Waals surface area contributed by atoms with Gasteiger partial charge >= 0.3 is 0 Å². The number of nitrogens with zero attached hydrogens (tertiary/aromatic N) is 2. The fourth-order valence-electron chi connectivity index (χ4n) is 1.99. The van der Waals surface area contributed by atoms with E-state index in [0.29, 0.717) is 12.2 Å². The Balaban J connectivity index is 1.96. The van der Waals surface area contributed by atoms with Crippen LogP contribution >= 0.6 is 0 Å². The molecule has 0 atom stereocenters. The van der Waals surface area contributed by atoms with Gasteiger partial charge in [-0.3, -0.25) is 4.79 Å². The van der Waals surface area contributed by atoms with Gasteiger partial charge in [0.15, 0.2) is 0 Å². The van der Waals surface area contributed by atoms with Gasteiger partial charge in [-0.05, 0) is 29.3 Å². The molecule has 0 unspecified atom stereocenters. The van der Waals surface area contributed by atoms with E-state index in [1.807, 2.05) is 43.6 Å². The number of aromatic nitrogens is 1. The quantitative estimate of drug-likeness (QED) is 0.862. The highest BCUT2D eigenvalue weighted by atomic mass is 16.1. The number of nitrogens with one attached hydrogen (secondary N) is 1. The first-order chi connectivity index (χ1) is 9.58. The highest BCUT2D eigenvalue weighted by Crippen LogP contribution is 2.13. The van der Waals surface area contributed by atoms with Gasteiger partial charge in [-0.1, -0.05) is 12.1 Å². The van der Waals surface area contributed by atoms with Crippen molar-refractivity contribution in [2.45, 2.75) is 13.0 Å². The van der Waals surface area contributed by atoms with E-state index in [1.54, 1.807) is 4.57 Å². The van der Waals surface area contributed by atoms with Crippen molar-refractivity contribution in [2.24, 2.45) is 12.8 Å². The summed E-state index contributed by atoms with van der Waals surface area (Å²) in [6, 6.07) is 11.6. The van der Waals surface area contributed by atoms with Crippen LogP contribution in [0.15, 0.2) is 36.5 Å². The molecular formula is C15H16N4O. The largest absolute Gasteiger partial charge is 0.381 e. The summed E-state index contributed by atoms with van der Waals surface area (Å²) in [6.45, 7) is 0.644. The highest BCUT2D eigenvalue weighted by Gasteiger charge is 2.02. The van der Waals surface area contributed by atoms with Crippen LogP contribution in [0.25, 0.3) is 0 Å². The number of benzene rings is 1. The molecule has 1 aromatic carbocycles. The molecule has 3 N–H and O–H groups in total. The maximum Gasteiger partial charge on any atom is 0.221 e. The molecule has 0 saturated carbocycles. The number of rotatable bonds is 5. The Morgan fingerprint density at radius 2 is 2.05 bits per heavy atom. The lowest BCUT2D eigenvalue weighted by Gasteiger charge is -2.06. The zero-order valence-electron chi connectivity index (χ0n) is 11.3. The van der Waals surface area contributed by atoms with E-state index in [4.69, 9.17) is 11.0 Å². The number of nitriles is 1. The molecule has 1 heterocycles. The van der Waals surface area contributed by atoms with Crippen molar-refractivity contribution in [1.29, 1.82) is 5.26 Å². The second kappa shape index (κ2) is 5.93. The third kappa shape index (κ3) is 3.39. The SMILES string of the molecule is Cn1cc(CNc2ccc(CC(N)=O)cc2)cc1C#N. The first-order valence-electron chi connectivity index (χ1n) is 6.25. The lowest BCUT2D eigenvalue weighted by atomic mass is 10.1. The van der Waals surface area contributed by atoms with Crippen molar-refractivity contribution < 1.29 is 4.79 Å². The first kappa shape index (κ1) is 13.7. The summed E-state index contributed by atoms with van der Waals surface area (Å²) in [6.07, 6.45) is 2.18. The van der Waals surface area contributed by atoms with Crippen LogP contribution in [0, 0.1) is 11.3 Å². The van der Waals surface area contributed by atoms with Gasteiger partial charge in [0, 0.05) is 25.5 Å². The zero-order chi connectivity index (χ0) is 14.5. The predicted octanol–water partition coefficient (Wildman–Crippen LogP) is 1.54. The number of hydrogen-bond acceptors (Lipinski definition) is 3. The van der Waals surface area contributed by atoms with Crippen molar-refractivity contribution in [1.82, 2.24) is 4.57 Å². The average Bonchev–Trinajstić information content (AvgIpc) is 2.78. The molecule has 1 amide bonds. The predicted molar refractivity (Wildman–Crippen MR) is 76.8 cm³/mol. The van der Waals surface area contributed by atoms with Gasteiger partial charge in [-0.15, -0.1) is 0 Å². The van der Waals surface area contributed by atoms with Crippen LogP contribution in [0.2, 0.25) is 0 Å². The van der Waals surface area contributed by atoms with Crippen molar-refractivity contribution >= 4 is 11.6 Å². The fourth-order valence-corrected chi connectivity index (χ4v) is 1.99. The standard InChI is InChI=1S/C15H16N4O/c1-19-10-12(6-14(19)8-16)9-18-13-4-2-11(3-5-13)7-15(17)20/h2-6,10,18H,7,9H2,1H3,(H2,17,20). The van der Waals surface area contributed by atoms with Crippen LogP contribution in [0.4, 0.5) is 5.69 Å². The van der Waals surface area contributed by atoms with E-state index in [0.717, 1.165) is 16.8 Å². The summed E-state index contributed by atoms with van der Waals surface area (Å²) in [5.74, 6) is -0.334. The minimum absolute atomic E-state index is 0.254. The van der Waals surface area contributed by atoms with Gasteiger partial charge in [0.2, 0.25) is 5.91 Å². The molecule has 102 valence electrons. The third-order valence-corrected chi connectivity index (χ3v) is 3.01. The molecule has 0 aliphatic carbocycles. The van der Waals surface area contributed by atoms with E-state index in [2.05, 4.69) is 11.4 Å². The Morgan fingerprint density at radius 3 is 2.60 bits per heavy atom. The number of carbonyl (C=O) groups is 1. The molecule has 5 nitrogen and oxygen atoms in total. The summed E-state index contributed by atoms with van der Waals surface area (Å²) in [4.78, 5) is 10.8. The molecule has 2 aromatic rings. The van der Waals surface area contributed by atoms with Gasteiger partial charge in [0.25, 0.3) is 0 Å². The van der Waals surface area contributed by atoms with Crippen LogP contribution < -0.4 is 11.1 Å². The lowest BCUT2D eigenvalue weighted by Crippen LogP contribution is -2.13. The molecular weight excluding hydrogens is 252 g/mol. The third-order valence-electron chi connectivity index (χ3n) is 3.01. The summed E-state index contributed by atoms with van der Waals surface area (Å²) in [5.41, 5.74) is 8.68. The van der Waals surface area contributed by atoms with Crippen molar-refractivity contribution in [3.63, 3.8) is 0 Å². The van der Waals surface area contributed by atoms with Crippen molar-refractivity contribution in [2.75, 3.05) is 5.32 Å². The molecule has 0 aliphatic heterocycles. The van der Waals surface area contributed by atoms with E-state index >= 15 is 0 Å². The van der Waals surface area contributed by atoms with Gasteiger partial charge in [0.05, 0.1) is 6.42 Å². The number of carbonyl (C=O) groups excluding carboxylic acids is 1. The van der Waals surface area contributed by atoms with E-state index in [1.165, 1.54) is 0 Å². The number of aryl methyl sites for hydroxylation is 1. The molecule has 20 heavy (non-hydrogen) atoms. The first-order valence-corrected chi connectivity index (χ1v) is 6.25. The van der Waals surface area contributed by atoms with Crippen LogP contribution in [-0.4, -0.2) is 10.5 Å². The molecule has 0 bridgehead atoms. The second-order valence-electron chi connectivity index (χ2n) is 4.65. The van der Waals surface area contributed by atoms with Crippen molar-refractivity contribution in [3.05, 3.63) is 53.3 Å². The number of anilines is 1. The van der Waals surface area contributed by atoms with E-state index in [-0.39, 0.29) is 12.3 Å². The van der Waals surface area contributed by atoms with Gasteiger partial charge in [-0.25, -0.2) is 0 Å². The Labute approximate surface area is 117 Å². The van der Waals surface area contributed by atoms with Crippen molar-refractivity contribution in [3.8, 4) is 6.07 Å². The molecule has 0 aliphatic rings. The molecule has 0 radical (unpaired) electrons. The monoisotopic (exact) mass is 268 g/mol. The zero-order valence-corrected chi connectivity index (χ0v) is 11.3. The lowest BCUT2D eigenvalue weighted by molar-refractivity contribution is -0.117. The van der Waals surface area contributed by atoms with Crippen LogP contribution in [0.5, 0.6) is 0 Å². The summed E-state index contributed by atoms with van der Waals surface area (Å²) in [7, 11) is 1.85. The molecule has 0 fully saturated rings. The number of amides is 1. The van der Waals surface area contributed by atoms with Crippen LogP contribution in [0.3, 0.4) is 0 Å². The number of hydrogen-bond donors (Lipinski definition) is 2. The molecule has 5 heteroatoms. The maximum atomic E-state index is 10.8. The van der Waals surface area contributed by atoms with Gasteiger partial charge < -0.3 is 15.6 Å². The smallest absolute Gasteiger partial charge is 0.221 e. The molecule has 0 spiro atoms. The minimum Gasteiger partial charge on any atom is -0.381 e. The van der Waals surface area contributed by atoms with Crippen LogP contribution in [-0.2, 0) is 24.8 Å². The second-order valence-corrected chi connectivity index (χ2v) is 4.65. The van der Waals surface area contributed by atoms with Crippen LogP contribution in [0.1, 0.15) is 16.8 Å². The molecule has 2 rings (SSSR count). The average molecular weight is 268 g/mol. The fraction of sp³-hybridized carbons (Fsp3) is 0.200. The van der Waals surface area contributed by atoms with Gasteiger partial charge in [0.1, 0.15) is 11.8 Å². The van der Waals surface area contributed by atoms with E-state index in [9.17, 15) is 4.79 Å². The normalized spacial score (nSPS) is 10.0. The minimum atomic E-state index is -0.334. The topological polar surface area (TPSA) is 83.8 Å². The number of nitrogens with two attached hydrogens (primary N) is 1. The summed E-state index contributed by atoms with van der Waals surface area (Å²) in [5, 5.41) is 12.2.